The molecule has 1 aromatic carbocycles. The second-order valence-corrected chi connectivity index (χ2v) is 8.10. The van der Waals surface area contributed by atoms with Gasteiger partial charge in [-0.1, -0.05) is 0 Å². The highest BCUT2D eigenvalue weighted by atomic mass is 32.1. The SMILES string of the molecule is CCOc1ccc(OCC)c(NC(=O)c2sc3ncnc(N4CCCC4)c3c2C)c1. The lowest BCUT2D eigenvalue weighted by atomic mass is 10.2. The molecule has 1 aliphatic heterocycles. The molecule has 30 heavy (non-hydrogen) atoms. The summed E-state index contributed by atoms with van der Waals surface area (Å²) in [7, 11) is 0. The third kappa shape index (κ3) is 3.92. The van der Waals surface area contributed by atoms with Gasteiger partial charge in [0, 0.05) is 19.2 Å². The molecule has 0 bridgehead atoms. The highest BCUT2D eigenvalue weighted by Crippen LogP contribution is 2.37. The molecule has 1 N–H and O–H groups in total. The predicted molar refractivity (Wildman–Crippen MR) is 120 cm³/mol. The first-order chi connectivity index (χ1) is 14.6. The van der Waals surface area contributed by atoms with Crippen molar-refractivity contribution >= 4 is 39.0 Å². The van der Waals surface area contributed by atoms with Crippen LogP contribution in [0.25, 0.3) is 10.2 Å². The fraction of sp³-hybridized carbons (Fsp3) is 0.409. The van der Waals surface area contributed by atoms with Crippen LogP contribution in [0.5, 0.6) is 11.5 Å². The summed E-state index contributed by atoms with van der Waals surface area (Å²) in [5.41, 5.74) is 1.50. The van der Waals surface area contributed by atoms with Crippen molar-refractivity contribution in [2.75, 3.05) is 36.5 Å². The first-order valence-electron chi connectivity index (χ1n) is 10.3. The van der Waals surface area contributed by atoms with E-state index in [-0.39, 0.29) is 5.91 Å². The van der Waals surface area contributed by atoms with Crippen LogP contribution in [0, 0.1) is 6.92 Å². The molecule has 1 saturated heterocycles. The van der Waals surface area contributed by atoms with Crippen molar-refractivity contribution in [1.82, 2.24) is 9.97 Å². The van der Waals surface area contributed by atoms with Crippen LogP contribution in [0.2, 0.25) is 0 Å². The summed E-state index contributed by atoms with van der Waals surface area (Å²) in [6, 6.07) is 5.45. The van der Waals surface area contributed by atoms with Gasteiger partial charge in [0.25, 0.3) is 5.91 Å². The first kappa shape index (κ1) is 20.4. The molecular formula is C22H26N4O3S. The molecule has 3 aromatic rings. The van der Waals surface area contributed by atoms with E-state index in [1.54, 1.807) is 12.4 Å². The van der Waals surface area contributed by atoms with E-state index in [1.807, 2.05) is 32.9 Å². The van der Waals surface area contributed by atoms with Crippen molar-refractivity contribution in [2.45, 2.75) is 33.6 Å². The van der Waals surface area contributed by atoms with Gasteiger partial charge in [0.05, 0.1) is 29.2 Å². The smallest absolute Gasteiger partial charge is 0.266 e. The van der Waals surface area contributed by atoms with Crippen LogP contribution in [-0.4, -0.2) is 42.2 Å². The Balaban J connectivity index is 1.68. The fourth-order valence-corrected chi connectivity index (χ4v) is 4.80. The van der Waals surface area contributed by atoms with Crippen molar-refractivity contribution in [3.05, 3.63) is 35.0 Å². The standard InChI is InChI=1S/C22H26N4O3S/c1-4-28-15-8-9-17(29-5-2)16(12-15)25-21(27)19-14(3)18-20(26-10-6-7-11-26)23-13-24-22(18)30-19/h8-9,12-13H,4-7,10-11H2,1-3H3,(H,25,27). The largest absolute Gasteiger partial charge is 0.494 e. The van der Waals surface area contributed by atoms with Crippen LogP contribution in [-0.2, 0) is 0 Å². The summed E-state index contributed by atoms with van der Waals surface area (Å²) in [5, 5.41) is 3.98. The quantitative estimate of drug-likeness (QED) is 0.593. The van der Waals surface area contributed by atoms with Crippen molar-refractivity contribution in [3.8, 4) is 11.5 Å². The molecule has 1 fully saturated rings. The maximum absolute atomic E-state index is 13.2. The lowest BCUT2D eigenvalue weighted by Crippen LogP contribution is -2.19. The van der Waals surface area contributed by atoms with Crippen LogP contribution < -0.4 is 19.7 Å². The third-order valence-electron chi connectivity index (χ3n) is 5.13. The number of benzene rings is 1. The van der Waals surface area contributed by atoms with Crippen LogP contribution in [0.4, 0.5) is 11.5 Å². The number of hydrogen-bond acceptors (Lipinski definition) is 7. The Morgan fingerprint density at radius 3 is 2.67 bits per heavy atom. The fourth-order valence-electron chi connectivity index (χ4n) is 3.76. The summed E-state index contributed by atoms with van der Waals surface area (Å²) >= 11 is 1.40. The molecule has 2 aromatic heterocycles. The van der Waals surface area contributed by atoms with Crippen LogP contribution in [0.3, 0.4) is 0 Å². The molecule has 0 radical (unpaired) electrons. The van der Waals surface area contributed by atoms with E-state index >= 15 is 0 Å². The van der Waals surface area contributed by atoms with Gasteiger partial charge >= 0.3 is 0 Å². The normalized spacial score (nSPS) is 13.6. The molecule has 0 atom stereocenters. The van der Waals surface area contributed by atoms with Crippen molar-refractivity contribution in [2.24, 2.45) is 0 Å². The highest BCUT2D eigenvalue weighted by Gasteiger charge is 2.24. The van der Waals surface area contributed by atoms with E-state index in [0.717, 1.165) is 34.7 Å². The second kappa shape index (κ2) is 8.87. The minimum absolute atomic E-state index is 0.183. The van der Waals surface area contributed by atoms with E-state index < -0.39 is 0 Å². The summed E-state index contributed by atoms with van der Waals surface area (Å²) < 4.78 is 11.3. The molecule has 0 aliphatic carbocycles. The van der Waals surface area contributed by atoms with E-state index in [0.29, 0.717) is 35.3 Å². The molecule has 0 spiro atoms. The van der Waals surface area contributed by atoms with Crippen molar-refractivity contribution < 1.29 is 14.3 Å². The van der Waals surface area contributed by atoms with Crippen LogP contribution in [0.1, 0.15) is 41.9 Å². The molecule has 158 valence electrons. The van der Waals surface area contributed by atoms with Gasteiger partial charge in [0.15, 0.2) is 0 Å². The summed E-state index contributed by atoms with van der Waals surface area (Å²) in [4.78, 5) is 25.9. The van der Waals surface area contributed by atoms with E-state index in [9.17, 15) is 4.79 Å². The average Bonchev–Trinajstić information content (AvgIpc) is 3.39. The van der Waals surface area contributed by atoms with Gasteiger partial charge in [-0.2, -0.15) is 0 Å². The molecule has 1 amide bonds. The Labute approximate surface area is 180 Å². The number of aryl methyl sites for hydroxylation is 1. The van der Waals surface area contributed by atoms with E-state index in [4.69, 9.17) is 9.47 Å². The minimum atomic E-state index is -0.183. The van der Waals surface area contributed by atoms with E-state index in [2.05, 4.69) is 20.2 Å². The molecule has 7 nitrogen and oxygen atoms in total. The van der Waals surface area contributed by atoms with E-state index in [1.165, 1.54) is 24.2 Å². The zero-order chi connectivity index (χ0) is 21.1. The van der Waals surface area contributed by atoms with Gasteiger partial charge in [0.2, 0.25) is 0 Å². The zero-order valence-corrected chi connectivity index (χ0v) is 18.3. The molecular weight excluding hydrogens is 400 g/mol. The van der Waals surface area contributed by atoms with Crippen LogP contribution in [0.15, 0.2) is 24.5 Å². The molecule has 0 saturated carbocycles. The number of ether oxygens (including phenoxy) is 2. The number of nitrogens with one attached hydrogen (secondary N) is 1. The number of aromatic nitrogens is 2. The van der Waals surface area contributed by atoms with Gasteiger partial charge in [-0.05, 0) is 51.3 Å². The highest BCUT2D eigenvalue weighted by molar-refractivity contribution is 7.20. The van der Waals surface area contributed by atoms with Gasteiger partial charge < -0.3 is 19.7 Å². The Hall–Kier alpha value is -2.87. The number of fused-ring (bicyclic) bond motifs is 1. The average molecular weight is 427 g/mol. The Morgan fingerprint density at radius 2 is 1.93 bits per heavy atom. The van der Waals surface area contributed by atoms with Crippen molar-refractivity contribution in [3.63, 3.8) is 0 Å². The molecule has 4 rings (SSSR count). The van der Waals surface area contributed by atoms with Gasteiger partial charge in [-0.25, -0.2) is 9.97 Å². The Morgan fingerprint density at radius 1 is 1.17 bits per heavy atom. The summed E-state index contributed by atoms with van der Waals surface area (Å²) in [5.74, 6) is 2.05. The molecule has 0 unspecified atom stereocenters. The van der Waals surface area contributed by atoms with Gasteiger partial charge in [-0.15, -0.1) is 11.3 Å². The summed E-state index contributed by atoms with van der Waals surface area (Å²) in [6.45, 7) is 8.85. The maximum Gasteiger partial charge on any atom is 0.266 e. The minimum Gasteiger partial charge on any atom is -0.494 e. The lowest BCUT2D eigenvalue weighted by molar-refractivity contribution is 0.102. The van der Waals surface area contributed by atoms with Crippen molar-refractivity contribution in [1.29, 1.82) is 0 Å². The second-order valence-electron chi connectivity index (χ2n) is 7.11. The first-order valence-corrected chi connectivity index (χ1v) is 11.1. The number of thiophene rings is 1. The number of hydrogen-bond donors (Lipinski definition) is 1. The van der Waals surface area contributed by atoms with Gasteiger partial charge in [-0.3, -0.25) is 4.79 Å². The zero-order valence-electron chi connectivity index (χ0n) is 17.5. The number of carbonyl (C=O) groups excluding carboxylic acids is 1. The van der Waals surface area contributed by atoms with Crippen LogP contribution >= 0.6 is 11.3 Å². The summed E-state index contributed by atoms with van der Waals surface area (Å²) in [6.07, 6.45) is 3.92. The topological polar surface area (TPSA) is 76.6 Å². The maximum atomic E-state index is 13.2. The number of rotatable bonds is 7. The van der Waals surface area contributed by atoms with Gasteiger partial charge in [0.1, 0.15) is 28.5 Å². The molecule has 8 heteroatoms. The molecule has 1 aliphatic rings. The number of nitrogens with zero attached hydrogens (tertiary/aromatic N) is 3. The number of amides is 1. The number of carbonyl (C=O) groups is 1. The molecule has 3 heterocycles. The third-order valence-corrected chi connectivity index (χ3v) is 6.33. The Bertz CT molecular complexity index is 1060. The lowest BCUT2D eigenvalue weighted by Gasteiger charge is -2.17. The predicted octanol–water partition coefficient (Wildman–Crippen LogP) is 4.65. The Kier molecular flexibility index (Phi) is 6.03. The number of anilines is 2. The monoisotopic (exact) mass is 426 g/mol.